The first-order chi connectivity index (χ1) is 12.6. The van der Waals surface area contributed by atoms with Gasteiger partial charge in [-0.2, -0.15) is 0 Å². The standard InChI is InChI=1S/C20H18N2O4/c1-12-3-4-13(2)16(7-12)21-20(23)10-15-9-18(26-22-15)14-5-6-17-19(8-14)25-11-24-17/h3-9H,10-11H2,1-2H3,(H,21,23). The van der Waals surface area contributed by atoms with Crippen LogP contribution in [-0.4, -0.2) is 17.9 Å². The molecule has 132 valence electrons. The highest BCUT2D eigenvalue weighted by atomic mass is 16.7. The number of ether oxygens (including phenoxy) is 2. The van der Waals surface area contributed by atoms with Crippen molar-refractivity contribution >= 4 is 11.6 Å². The third-order valence-electron chi connectivity index (χ3n) is 4.22. The van der Waals surface area contributed by atoms with Crippen molar-refractivity contribution in [1.82, 2.24) is 5.16 Å². The summed E-state index contributed by atoms with van der Waals surface area (Å²) in [6, 6.07) is 13.2. The number of aryl methyl sites for hydroxylation is 2. The Bertz CT molecular complexity index is 978. The van der Waals surface area contributed by atoms with Crippen molar-refractivity contribution in [2.45, 2.75) is 20.3 Å². The van der Waals surface area contributed by atoms with Gasteiger partial charge in [-0.3, -0.25) is 4.79 Å². The molecule has 0 radical (unpaired) electrons. The van der Waals surface area contributed by atoms with E-state index in [1.807, 2.05) is 50.2 Å². The van der Waals surface area contributed by atoms with Gasteiger partial charge in [0.05, 0.1) is 12.1 Å². The highest BCUT2D eigenvalue weighted by molar-refractivity contribution is 5.93. The Morgan fingerprint density at radius 2 is 1.92 bits per heavy atom. The van der Waals surface area contributed by atoms with Crippen molar-refractivity contribution in [3.8, 4) is 22.8 Å². The van der Waals surface area contributed by atoms with Crippen LogP contribution in [0.15, 0.2) is 47.0 Å². The zero-order chi connectivity index (χ0) is 18.1. The molecule has 0 spiro atoms. The monoisotopic (exact) mass is 350 g/mol. The highest BCUT2D eigenvalue weighted by Gasteiger charge is 2.17. The molecule has 0 saturated carbocycles. The Morgan fingerprint density at radius 3 is 2.81 bits per heavy atom. The number of nitrogens with one attached hydrogen (secondary N) is 1. The summed E-state index contributed by atoms with van der Waals surface area (Å²) in [5.41, 5.74) is 4.32. The zero-order valence-electron chi connectivity index (χ0n) is 14.5. The molecule has 1 aliphatic heterocycles. The second-order valence-electron chi connectivity index (χ2n) is 6.29. The average molecular weight is 350 g/mol. The Hall–Kier alpha value is -3.28. The lowest BCUT2D eigenvalue weighted by Gasteiger charge is -2.08. The molecule has 2 heterocycles. The summed E-state index contributed by atoms with van der Waals surface area (Å²) < 4.78 is 16.0. The van der Waals surface area contributed by atoms with Gasteiger partial charge < -0.3 is 19.3 Å². The lowest BCUT2D eigenvalue weighted by molar-refractivity contribution is -0.115. The Morgan fingerprint density at radius 1 is 1.08 bits per heavy atom. The average Bonchev–Trinajstić information content (AvgIpc) is 3.26. The number of benzene rings is 2. The minimum Gasteiger partial charge on any atom is -0.454 e. The number of anilines is 1. The van der Waals surface area contributed by atoms with Crippen LogP contribution in [0.3, 0.4) is 0 Å². The first-order valence-corrected chi connectivity index (χ1v) is 8.31. The second-order valence-corrected chi connectivity index (χ2v) is 6.29. The van der Waals surface area contributed by atoms with Crippen LogP contribution in [0.1, 0.15) is 16.8 Å². The molecule has 0 bridgehead atoms. The molecule has 0 aliphatic carbocycles. The number of amides is 1. The summed E-state index contributed by atoms with van der Waals surface area (Å²) in [4.78, 5) is 12.3. The summed E-state index contributed by atoms with van der Waals surface area (Å²) in [5, 5.41) is 6.93. The molecule has 4 rings (SSSR count). The van der Waals surface area contributed by atoms with Gasteiger partial charge in [-0.15, -0.1) is 0 Å². The molecule has 3 aromatic rings. The fraction of sp³-hybridized carbons (Fsp3) is 0.200. The first-order valence-electron chi connectivity index (χ1n) is 8.31. The number of carbonyl (C=O) groups excluding carboxylic acids is 1. The molecular weight excluding hydrogens is 332 g/mol. The number of hydrogen-bond acceptors (Lipinski definition) is 5. The third kappa shape index (κ3) is 3.26. The Labute approximate surface area is 150 Å². The van der Waals surface area contributed by atoms with Gasteiger partial charge in [0.1, 0.15) is 0 Å². The molecule has 6 heteroatoms. The molecule has 26 heavy (non-hydrogen) atoms. The fourth-order valence-electron chi connectivity index (χ4n) is 2.81. The predicted octanol–water partition coefficient (Wildman–Crippen LogP) is 3.87. The van der Waals surface area contributed by atoms with E-state index in [1.54, 1.807) is 6.07 Å². The van der Waals surface area contributed by atoms with E-state index in [-0.39, 0.29) is 19.1 Å². The van der Waals surface area contributed by atoms with E-state index in [0.29, 0.717) is 23.0 Å². The van der Waals surface area contributed by atoms with Gasteiger partial charge in [0.15, 0.2) is 17.3 Å². The molecule has 1 N–H and O–H groups in total. The van der Waals surface area contributed by atoms with Crippen molar-refractivity contribution in [3.63, 3.8) is 0 Å². The maximum Gasteiger partial charge on any atom is 0.231 e. The van der Waals surface area contributed by atoms with Gasteiger partial charge in [0.2, 0.25) is 12.7 Å². The quantitative estimate of drug-likeness (QED) is 0.773. The second kappa shape index (κ2) is 6.55. The van der Waals surface area contributed by atoms with Gasteiger partial charge in [-0.05, 0) is 49.2 Å². The summed E-state index contributed by atoms with van der Waals surface area (Å²) in [5.74, 6) is 1.83. The summed E-state index contributed by atoms with van der Waals surface area (Å²) >= 11 is 0. The van der Waals surface area contributed by atoms with E-state index in [2.05, 4.69) is 10.5 Å². The molecule has 0 unspecified atom stereocenters. The van der Waals surface area contributed by atoms with Gasteiger partial charge in [0, 0.05) is 17.3 Å². The molecular formula is C20H18N2O4. The molecule has 6 nitrogen and oxygen atoms in total. The lowest BCUT2D eigenvalue weighted by atomic mass is 10.1. The van der Waals surface area contributed by atoms with E-state index < -0.39 is 0 Å². The topological polar surface area (TPSA) is 73.6 Å². The van der Waals surface area contributed by atoms with Crippen LogP contribution in [0.5, 0.6) is 11.5 Å². The van der Waals surface area contributed by atoms with Crippen molar-refractivity contribution in [2.24, 2.45) is 0 Å². The van der Waals surface area contributed by atoms with E-state index >= 15 is 0 Å². The summed E-state index contributed by atoms with van der Waals surface area (Å²) in [6.45, 7) is 4.17. The number of rotatable bonds is 4. The van der Waals surface area contributed by atoms with E-state index in [9.17, 15) is 4.79 Å². The molecule has 1 amide bonds. The normalized spacial score (nSPS) is 12.2. The molecule has 2 aromatic carbocycles. The van der Waals surface area contributed by atoms with E-state index in [0.717, 1.165) is 22.4 Å². The van der Waals surface area contributed by atoms with Crippen LogP contribution < -0.4 is 14.8 Å². The number of carbonyl (C=O) groups is 1. The smallest absolute Gasteiger partial charge is 0.231 e. The first kappa shape index (κ1) is 16.2. The fourth-order valence-corrected chi connectivity index (χ4v) is 2.81. The summed E-state index contributed by atoms with van der Waals surface area (Å²) in [6.07, 6.45) is 0.140. The molecule has 1 aliphatic rings. The summed E-state index contributed by atoms with van der Waals surface area (Å²) in [7, 11) is 0. The van der Waals surface area contributed by atoms with Crippen molar-refractivity contribution in [2.75, 3.05) is 12.1 Å². The minimum absolute atomic E-state index is 0.135. The zero-order valence-corrected chi connectivity index (χ0v) is 14.5. The van der Waals surface area contributed by atoms with E-state index in [4.69, 9.17) is 14.0 Å². The Kier molecular flexibility index (Phi) is 4.08. The number of hydrogen-bond donors (Lipinski definition) is 1. The van der Waals surface area contributed by atoms with Crippen molar-refractivity contribution < 1.29 is 18.8 Å². The lowest BCUT2D eigenvalue weighted by Crippen LogP contribution is -2.15. The van der Waals surface area contributed by atoms with Crippen LogP contribution >= 0.6 is 0 Å². The van der Waals surface area contributed by atoms with Crippen molar-refractivity contribution in [3.05, 3.63) is 59.3 Å². The van der Waals surface area contributed by atoms with Gasteiger partial charge in [-0.1, -0.05) is 17.3 Å². The van der Waals surface area contributed by atoms with Crippen LogP contribution in [-0.2, 0) is 11.2 Å². The van der Waals surface area contributed by atoms with Crippen LogP contribution in [0.2, 0.25) is 0 Å². The Balaban J connectivity index is 1.46. The van der Waals surface area contributed by atoms with Gasteiger partial charge >= 0.3 is 0 Å². The van der Waals surface area contributed by atoms with Crippen LogP contribution in [0.25, 0.3) is 11.3 Å². The maximum atomic E-state index is 12.3. The molecule has 0 saturated heterocycles. The predicted molar refractivity (Wildman–Crippen MR) is 96.3 cm³/mol. The van der Waals surface area contributed by atoms with Crippen molar-refractivity contribution in [1.29, 1.82) is 0 Å². The van der Waals surface area contributed by atoms with Crippen LogP contribution in [0.4, 0.5) is 5.69 Å². The van der Waals surface area contributed by atoms with E-state index in [1.165, 1.54) is 0 Å². The number of fused-ring (bicyclic) bond motifs is 1. The maximum absolute atomic E-state index is 12.3. The molecule has 0 atom stereocenters. The van der Waals surface area contributed by atoms with Gasteiger partial charge in [0.25, 0.3) is 0 Å². The molecule has 0 fully saturated rings. The highest BCUT2D eigenvalue weighted by Crippen LogP contribution is 2.36. The van der Waals surface area contributed by atoms with Crippen LogP contribution in [0, 0.1) is 13.8 Å². The third-order valence-corrected chi connectivity index (χ3v) is 4.22. The largest absolute Gasteiger partial charge is 0.454 e. The van der Waals surface area contributed by atoms with Gasteiger partial charge in [-0.25, -0.2) is 0 Å². The minimum atomic E-state index is -0.135. The number of aromatic nitrogens is 1. The SMILES string of the molecule is Cc1ccc(C)c(NC(=O)Cc2cc(-c3ccc4c(c3)OCO4)on2)c1. The molecule has 1 aromatic heterocycles. The number of nitrogens with zero attached hydrogens (tertiary/aromatic N) is 1.